The number of likely N-dealkylation sites (N-methyl/N-ethyl adjacent to an activating group) is 2. The van der Waals surface area contributed by atoms with Gasteiger partial charge in [-0.3, -0.25) is 14.5 Å². The first-order valence-corrected chi connectivity index (χ1v) is 12.8. The Morgan fingerprint density at radius 2 is 1.39 bits per heavy atom. The highest BCUT2D eigenvalue weighted by Gasteiger charge is 2.34. The Balaban J connectivity index is 1.65. The van der Waals surface area contributed by atoms with E-state index >= 15 is 0 Å². The van der Waals surface area contributed by atoms with E-state index in [0.29, 0.717) is 6.42 Å². The molecule has 3 amide bonds. The van der Waals surface area contributed by atoms with Crippen molar-refractivity contribution in [3.63, 3.8) is 0 Å². The third-order valence-corrected chi connectivity index (χ3v) is 7.19. The lowest BCUT2D eigenvalue weighted by molar-refractivity contribution is -0.149. The quantitative estimate of drug-likeness (QED) is 0.490. The van der Waals surface area contributed by atoms with Gasteiger partial charge in [-0.2, -0.15) is 0 Å². The Hall–Kier alpha value is -3.88. The Bertz CT molecular complexity index is 1150. The van der Waals surface area contributed by atoms with E-state index in [1.54, 1.807) is 6.92 Å². The van der Waals surface area contributed by atoms with Crippen molar-refractivity contribution in [3.8, 4) is 11.1 Å². The average molecular weight is 524 g/mol. The van der Waals surface area contributed by atoms with Gasteiger partial charge in [0.15, 0.2) is 0 Å². The topological polar surface area (TPSA) is 116 Å². The van der Waals surface area contributed by atoms with Crippen LogP contribution in [0.3, 0.4) is 0 Å². The Morgan fingerprint density at radius 3 is 1.89 bits per heavy atom. The van der Waals surface area contributed by atoms with Crippen LogP contribution in [0.15, 0.2) is 48.5 Å². The number of carboxylic acids is 1. The predicted octanol–water partition coefficient (Wildman–Crippen LogP) is 3.72. The number of fused-ring (bicyclic) bond motifs is 3. The van der Waals surface area contributed by atoms with E-state index in [9.17, 15) is 24.3 Å². The SMILES string of the molecule is CC(C)C[C@H](NC(=O)[C@H](C)N(C)C(=O)OCC1c2ccccc2-c2ccccc21)C(=O)N(C)[C@@H](C)C(=O)O. The van der Waals surface area contributed by atoms with Crippen molar-refractivity contribution in [1.29, 1.82) is 0 Å². The summed E-state index contributed by atoms with van der Waals surface area (Å²) in [5.74, 6) is -2.22. The van der Waals surface area contributed by atoms with Gasteiger partial charge in [-0.1, -0.05) is 62.4 Å². The van der Waals surface area contributed by atoms with E-state index in [0.717, 1.165) is 27.2 Å². The van der Waals surface area contributed by atoms with E-state index in [1.807, 2.05) is 50.2 Å². The molecule has 0 saturated carbocycles. The summed E-state index contributed by atoms with van der Waals surface area (Å²) >= 11 is 0. The molecule has 0 radical (unpaired) electrons. The molecule has 0 heterocycles. The lowest BCUT2D eigenvalue weighted by Gasteiger charge is -2.30. The fourth-order valence-corrected chi connectivity index (χ4v) is 4.62. The lowest BCUT2D eigenvalue weighted by Crippen LogP contribution is -2.55. The summed E-state index contributed by atoms with van der Waals surface area (Å²) in [5, 5.41) is 12.0. The Morgan fingerprint density at radius 1 is 0.868 bits per heavy atom. The summed E-state index contributed by atoms with van der Waals surface area (Å²) in [7, 11) is 2.87. The zero-order chi connectivity index (χ0) is 28.1. The van der Waals surface area contributed by atoms with Gasteiger partial charge < -0.3 is 20.1 Å². The van der Waals surface area contributed by atoms with Gasteiger partial charge in [0.2, 0.25) is 11.8 Å². The second-order valence-corrected chi connectivity index (χ2v) is 10.2. The van der Waals surface area contributed by atoms with E-state index in [-0.39, 0.29) is 18.4 Å². The van der Waals surface area contributed by atoms with Gasteiger partial charge in [0.1, 0.15) is 24.7 Å². The first kappa shape index (κ1) is 28.7. The van der Waals surface area contributed by atoms with Gasteiger partial charge >= 0.3 is 12.1 Å². The molecule has 38 heavy (non-hydrogen) atoms. The molecule has 204 valence electrons. The van der Waals surface area contributed by atoms with Crippen LogP contribution in [0.25, 0.3) is 11.1 Å². The number of carbonyl (C=O) groups excluding carboxylic acids is 3. The summed E-state index contributed by atoms with van der Waals surface area (Å²) < 4.78 is 5.65. The van der Waals surface area contributed by atoms with Crippen LogP contribution >= 0.6 is 0 Å². The number of nitrogens with one attached hydrogen (secondary N) is 1. The molecule has 0 unspecified atom stereocenters. The zero-order valence-corrected chi connectivity index (χ0v) is 22.8. The molecular weight excluding hydrogens is 486 g/mol. The number of hydrogen-bond acceptors (Lipinski definition) is 5. The van der Waals surface area contributed by atoms with Crippen LogP contribution in [0.4, 0.5) is 4.79 Å². The van der Waals surface area contributed by atoms with Crippen LogP contribution in [0.2, 0.25) is 0 Å². The molecule has 0 aliphatic heterocycles. The molecule has 2 N–H and O–H groups in total. The summed E-state index contributed by atoms with van der Waals surface area (Å²) in [5.41, 5.74) is 4.41. The van der Waals surface area contributed by atoms with Crippen molar-refractivity contribution in [1.82, 2.24) is 15.1 Å². The second-order valence-electron chi connectivity index (χ2n) is 10.2. The maximum absolute atomic E-state index is 13.1. The second kappa shape index (κ2) is 12.1. The highest BCUT2D eigenvalue weighted by atomic mass is 16.6. The number of ether oxygens (including phenoxy) is 1. The molecule has 0 fully saturated rings. The third-order valence-electron chi connectivity index (χ3n) is 7.19. The first-order chi connectivity index (χ1) is 17.9. The van der Waals surface area contributed by atoms with Gasteiger partial charge in [-0.05, 0) is 48.4 Å². The van der Waals surface area contributed by atoms with Crippen LogP contribution in [0, 0.1) is 5.92 Å². The molecule has 3 rings (SSSR count). The number of carboxylic acid groups (broad SMARTS) is 1. The van der Waals surface area contributed by atoms with Gasteiger partial charge in [0.25, 0.3) is 0 Å². The number of carbonyl (C=O) groups is 4. The first-order valence-electron chi connectivity index (χ1n) is 12.8. The standard InChI is InChI=1S/C29H37N3O6/c1-17(2)15-25(27(34)31(5)19(4)28(35)36)30-26(33)18(3)32(6)29(37)38-16-24-22-13-9-7-11-20(22)21-12-8-10-14-23(21)24/h7-14,17-19,24-25H,15-16H2,1-6H3,(H,30,33)(H,35,36)/t18-,19-,25-/m0/s1. The minimum Gasteiger partial charge on any atom is -0.480 e. The predicted molar refractivity (Wildman–Crippen MR) is 144 cm³/mol. The minimum atomic E-state index is -1.14. The van der Waals surface area contributed by atoms with Crippen LogP contribution in [0.1, 0.15) is 51.2 Å². The molecular formula is C29H37N3O6. The number of nitrogens with zero attached hydrogens (tertiary/aromatic N) is 2. The molecule has 2 aromatic carbocycles. The molecule has 0 aromatic heterocycles. The molecule has 3 atom stereocenters. The van der Waals surface area contributed by atoms with Crippen molar-refractivity contribution in [2.75, 3.05) is 20.7 Å². The summed E-state index contributed by atoms with van der Waals surface area (Å²) in [6, 6.07) is 13.2. The fraction of sp³-hybridized carbons (Fsp3) is 0.448. The monoisotopic (exact) mass is 523 g/mol. The number of hydrogen-bond donors (Lipinski definition) is 2. The normalized spacial score (nSPS) is 14.6. The van der Waals surface area contributed by atoms with Gasteiger partial charge in [-0.15, -0.1) is 0 Å². The van der Waals surface area contributed by atoms with Crippen molar-refractivity contribution < 1.29 is 29.0 Å². The largest absolute Gasteiger partial charge is 0.480 e. The maximum atomic E-state index is 13.1. The fourth-order valence-electron chi connectivity index (χ4n) is 4.62. The highest BCUT2D eigenvalue weighted by Crippen LogP contribution is 2.44. The van der Waals surface area contributed by atoms with Crippen LogP contribution in [-0.4, -0.2) is 77.6 Å². The van der Waals surface area contributed by atoms with Crippen LogP contribution in [0.5, 0.6) is 0 Å². The molecule has 9 nitrogen and oxygen atoms in total. The van der Waals surface area contributed by atoms with Crippen LogP contribution in [-0.2, 0) is 19.1 Å². The molecule has 1 aliphatic carbocycles. The summed E-state index contributed by atoms with van der Waals surface area (Å²) in [6.45, 7) is 6.88. The van der Waals surface area contributed by atoms with E-state index in [1.165, 1.54) is 25.9 Å². The Labute approximate surface area is 223 Å². The molecule has 0 saturated heterocycles. The van der Waals surface area contributed by atoms with Crippen molar-refractivity contribution in [3.05, 3.63) is 59.7 Å². The maximum Gasteiger partial charge on any atom is 0.410 e. The molecule has 0 spiro atoms. The smallest absolute Gasteiger partial charge is 0.410 e. The minimum absolute atomic E-state index is 0.0629. The Kier molecular flexibility index (Phi) is 9.14. The number of benzene rings is 2. The molecule has 9 heteroatoms. The summed E-state index contributed by atoms with van der Waals surface area (Å²) in [6.07, 6.45) is -0.333. The number of aliphatic carboxylic acids is 1. The lowest BCUT2D eigenvalue weighted by atomic mass is 9.98. The summed E-state index contributed by atoms with van der Waals surface area (Å²) in [4.78, 5) is 52.6. The molecule has 2 aromatic rings. The van der Waals surface area contributed by atoms with Crippen LogP contribution < -0.4 is 5.32 Å². The average Bonchev–Trinajstić information content (AvgIpc) is 3.22. The molecule has 1 aliphatic rings. The van der Waals surface area contributed by atoms with E-state index < -0.39 is 42.0 Å². The van der Waals surface area contributed by atoms with Crippen molar-refractivity contribution in [2.24, 2.45) is 5.92 Å². The van der Waals surface area contributed by atoms with Gasteiger partial charge in [0, 0.05) is 20.0 Å². The van der Waals surface area contributed by atoms with Crippen molar-refractivity contribution in [2.45, 2.75) is 58.2 Å². The highest BCUT2D eigenvalue weighted by molar-refractivity contribution is 5.92. The third kappa shape index (κ3) is 6.15. The van der Waals surface area contributed by atoms with Gasteiger partial charge in [0.05, 0.1) is 0 Å². The van der Waals surface area contributed by atoms with E-state index in [4.69, 9.17) is 4.74 Å². The molecule has 0 bridgehead atoms. The van der Waals surface area contributed by atoms with Gasteiger partial charge in [-0.25, -0.2) is 9.59 Å². The zero-order valence-electron chi connectivity index (χ0n) is 22.8. The number of rotatable bonds is 10. The number of amides is 3. The van der Waals surface area contributed by atoms with Crippen molar-refractivity contribution >= 4 is 23.9 Å². The van der Waals surface area contributed by atoms with E-state index in [2.05, 4.69) is 17.4 Å².